The summed E-state index contributed by atoms with van der Waals surface area (Å²) in [6.07, 6.45) is 12.5. The molecule has 0 fully saturated rings. The van der Waals surface area contributed by atoms with E-state index in [-0.39, 0.29) is 5.69 Å². The summed E-state index contributed by atoms with van der Waals surface area (Å²) in [4.78, 5) is 0. The van der Waals surface area contributed by atoms with Gasteiger partial charge in [-0.05, 0) is 53.3 Å². The van der Waals surface area contributed by atoms with Gasteiger partial charge in [0.2, 0.25) is 0 Å². The monoisotopic (exact) mass is 564 g/mol. The molecule has 0 heterocycles. The van der Waals surface area contributed by atoms with Crippen LogP contribution in [0.15, 0.2) is 34.5 Å². The number of benzene rings is 2. The predicted octanol–water partition coefficient (Wildman–Crippen LogP) is 9.56. The van der Waals surface area contributed by atoms with Gasteiger partial charge in [-0.1, -0.05) is 64.7 Å². The summed E-state index contributed by atoms with van der Waals surface area (Å²) in [6, 6.07) is 6.41. The third kappa shape index (κ3) is 8.33. The zero-order valence-electron chi connectivity index (χ0n) is 18.3. The lowest BCUT2D eigenvalue weighted by atomic mass is 10.1. The second-order valence-electron chi connectivity index (χ2n) is 7.64. The van der Waals surface area contributed by atoms with Crippen molar-refractivity contribution in [1.29, 1.82) is 0 Å². The molecule has 8 heteroatoms. The molecule has 0 amide bonds. The molecule has 0 spiro atoms. The molecule has 0 unspecified atom stereocenters. The molecule has 0 aliphatic carbocycles. The van der Waals surface area contributed by atoms with Crippen molar-refractivity contribution in [2.75, 3.05) is 6.61 Å². The van der Waals surface area contributed by atoms with Gasteiger partial charge in [0.15, 0.2) is 29.0 Å². The minimum Gasteiger partial charge on any atom is -0.494 e. The Balaban J connectivity index is 1.72. The molecule has 0 atom stereocenters. The van der Waals surface area contributed by atoms with Crippen LogP contribution in [0.1, 0.15) is 71.1 Å². The van der Waals surface area contributed by atoms with Crippen LogP contribution in [0, 0.1) is 26.8 Å². The number of nitrogens with zero attached hydrogens (tertiary/aromatic N) is 2. The normalized spacial score (nSPS) is 11.4. The Labute approximate surface area is 200 Å². The Bertz CT molecular complexity index is 846. The standard InChI is InChI=1S/C24H29F4IN2O/c1-2-3-4-5-6-7-8-9-10-11-16-32-18-14-12-17(13-15-18)30-31-24-21(27)19(25)23(29)20(26)22(24)28/h12-15H,2-11,16H2,1H3. The molecular weight excluding hydrogens is 535 g/mol. The Morgan fingerprint density at radius 3 is 1.72 bits per heavy atom. The highest BCUT2D eigenvalue weighted by molar-refractivity contribution is 14.1. The fourth-order valence-corrected chi connectivity index (χ4v) is 3.65. The van der Waals surface area contributed by atoms with E-state index in [1.54, 1.807) is 24.3 Å². The van der Waals surface area contributed by atoms with E-state index in [0.717, 1.165) is 12.8 Å². The van der Waals surface area contributed by atoms with Crippen molar-refractivity contribution in [2.45, 2.75) is 71.1 Å². The number of halogens is 5. The smallest absolute Gasteiger partial charge is 0.190 e. The molecule has 0 aromatic heterocycles. The van der Waals surface area contributed by atoms with Crippen molar-refractivity contribution < 1.29 is 22.3 Å². The van der Waals surface area contributed by atoms with Crippen molar-refractivity contribution in [3.63, 3.8) is 0 Å². The average Bonchev–Trinajstić information content (AvgIpc) is 2.80. The summed E-state index contributed by atoms with van der Waals surface area (Å²) in [5.74, 6) is -5.49. The number of unbranched alkanes of at least 4 members (excludes halogenated alkanes) is 9. The van der Waals surface area contributed by atoms with E-state index in [4.69, 9.17) is 4.74 Å². The van der Waals surface area contributed by atoms with Gasteiger partial charge >= 0.3 is 0 Å². The van der Waals surface area contributed by atoms with Crippen LogP contribution in [0.3, 0.4) is 0 Å². The maximum Gasteiger partial charge on any atom is 0.190 e. The van der Waals surface area contributed by atoms with Gasteiger partial charge in [-0.3, -0.25) is 0 Å². The highest BCUT2D eigenvalue weighted by Crippen LogP contribution is 2.32. The van der Waals surface area contributed by atoms with Crippen LogP contribution in [0.2, 0.25) is 0 Å². The number of hydrogen-bond donors (Lipinski definition) is 0. The van der Waals surface area contributed by atoms with Gasteiger partial charge in [0.05, 0.1) is 15.9 Å². The number of rotatable bonds is 14. The highest BCUT2D eigenvalue weighted by Gasteiger charge is 2.24. The zero-order valence-corrected chi connectivity index (χ0v) is 20.4. The molecule has 2 rings (SSSR count). The molecular formula is C24H29F4IN2O. The molecule has 0 aliphatic rings. The first-order valence-corrected chi connectivity index (χ1v) is 12.2. The lowest BCUT2D eigenvalue weighted by molar-refractivity contribution is 0.304. The van der Waals surface area contributed by atoms with Crippen LogP contribution in [0.4, 0.5) is 28.9 Å². The largest absolute Gasteiger partial charge is 0.494 e. The number of hydrogen-bond acceptors (Lipinski definition) is 3. The third-order valence-corrected chi connectivity index (χ3v) is 6.00. The average molecular weight is 564 g/mol. The fourth-order valence-electron chi connectivity index (χ4n) is 3.18. The van der Waals surface area contributed by atoms with Gasteiger partial charge in [-0.2, -0.15) is 5.11 Å². The maximum absolute atomic E-state index is 13.8. The molecule has 0 N–H and O–H groups in total. The van der Waals surface area contributed by atoms with Gasteiger partial charge in [0.1, 0.15) is 5.75 Å². The maximum atomic E-state index is 13.8. The third-order valence-electron chi connectivity index (χ3n) is 5.06. The summed E-state index contributed by atoms with van der Waals surface area (Å²) in [6.45, 7) is 2.83. The van der Waals surface area contributed by atoms with Gasteiger partial charge in [0.25, 0.3) is 0 Å². The first-order chi connectivity index (χ1) is 15.5. The fraction of sp³-hybridized carbons (Fsp3) is 0.500. The summed E-state index contributed by atoms with van der Waals surface area (Å²) < 4.78 is 59.8. The van der Waals surface area contributed by atoms with E-state index in [2.05, 4.69) is 17.2 Å². The minimum absolute atomic E-state index is 0.273. The number of azo groups is 1. The van der Waals surface area contributed by atoms with E-state index in [1.807, 2.05) is 0 Å². The van der Waals surface area contributed by atoms with E-state index < -0.39 is 32.5 Å². The van der Waals surface area contributed by atoms with Gasteiger partial charge in [0, 0.05) is 0 Å². The lowest BCUT2D eigenvalue weighted by Gasteiger charge is -2.06. The molecule has 0 radical (unpaired) electrons. The Hall–Kier alpha value is -1.71. The quantitative estimate of drug-likeness (QED) is 0.0562. The van der Waals surface area contributed by atoms with Crippen molar-refractivity contribution in [3.8, 4) is 5.75 Å². The minimum atomic E-state index is -1.58. The molecule has 32 heavy (non-hydrogen) atoms. The van der Waals surface area contributed by atoms with Crippen LogP contribution in [0.5, 0.6) is 5.75 Å². The van der Waals surface area contributed by atoms with Gasteiger partial charge in [-0.15, -0.1) is 5.11 Å². The Morgan fingerprint density at radius 2 is 1.19 bits per heavy atom. The van der Waals surface area contributed by atoms with Gasteiger partial charge < -0.3 is 4.74 Å². The van der Waals surface area contributed by atoms with E-state index in [0.29, 0.717) is 12.4 Å². The second kappa shape index (κ2) is 14.4. The summed E-state index contributed by atoms with van der Waals surface area (Å²) in [5.41, 5.74) is -0.823. The molecule has 0 saturated carbocycles. The van der Waals surface area contributed by atoms with Crippen LogP contribution >= 0.6 is 22.6 Å². The van der Waals surface area contributed by atoms with Crippen LogP contribution in [0.25, 0.3) is 0 Å². The lowest BCUT2D eigenvalue weighted by Crippen LogP contribution is -1.99. The molecule has 0 saturated heterocycles. The van der Waals surface area contributed by atoms with Crippen molar-refractivity contribution in [3.05, 3.63) is 51.1 Å². The SMILES string of the molecule is CCCCCCCCCCCCOc1ccc(N=Nc2c(F)c(F)c(I)c(F)c2F)cc1. The van der Waals surface area contributed by atoms with E-state index >= 15 is 0 Å². The topological polar surface area (TPSA) is 34.0 Å². The second-order valence-corrected chi connectivity index (χ2v) is 8.72. The van der Waals surface area contributed by atoms with Gasteiger partial charge in [-0.25, -0.2) is 17.6 Å². The summed E-state index contributed by atoms with van der Waals surface area (Å²) in [5, 5.41) is 7.02. The predicted molar refractivity (Wildman–Crippen MR) is 127 cm³/mol. The van der Waals surface area contributed by atoms with E-state index in [1.165, 1.54) is 74.0 Å². The Kier molecular flexibility index (Phi) is 12.0. The zero-order chi connectivity index (χ0) is 23.3. The molecule has 2 aromatic carbocycles. The molecule has 0 aliphatic heterocycles. The first kappa shape index (κ1) is 26.5. The molecule has 3 nitrogen and oxygen atoms in total. The molecule has 176 valence electrons. The van der Waals surface area contributed by atoms with Crippen molar-refractivity contribution >= 4 is 34.0 Å². The highest BCUT2D eigenvalue weighted by atomic mass is 127. The van der Waals surface area contributed by atoms with Crippen molar-refractivity contribution in [1.82, 2.24) is 0 Å². The number of ether oxygens (including phenoxy) is 1. The molecule has 0 bridgehead atoms. The van der Waals surface area contributed by atoms with Crippen LogP contribution in [-0.4, -0.2) is 6.61 Å². The van der Waals surface area contributed by atoms with Crippen LogP contribution in [-0.2, 0) is 0 Å². The Morgan fingerprint density at radius 1 is 0.688 bits per heavy atom. The van der Waals surface area contributed by atoms with Crippen molar-refractivity contribution in [2.24, 2.45) is 10.2 Å². The molecule has 2 aromatic rings. The first-order valence-electron chi connectivity index (χ1n) is 11.1. The summed E-state index contributed by atoms with van der Waals surface area (Å²) in [7, 11) is 0. The summed E-state index contributed by atoms with van der Waals surface area (Å²) >= 11 is 1.19. The van der Waals surface area contributed by atoms with Crippen LogP contribution < -0.4 is 4.74 Å². The van der Waals surface area contributed by atoms with E-state index in [9.17, 15) is 17.6 Å².